The third-order valence-corrected chi connectivity index (χ3v) is 5.43. The predicted molar refractivity (Wildman–Crippen MR) is 90.9 cm³/mol. The van der Waals surface area contributed by atoms with Gasteiger partial charge in [-0.15, -0.1) is 0 Å². The van der Waals surface area contributed by atoms with Gasteiger partial charge < -0.3 is 4.74 Å². The van der Waals surface area contributed by atoms with E-state index < -0.39 is 27.4 Å². The van der Waals surface area contributed by atoms with Gasteiger partial charge in [0.2, 0.25) is 10.0 Å². The highest BCUT2D eigenvalue weighted by molar-refractivity contribution is 7.88. The fraction of sp³-hybridized carbons (Fsp3) is 0.333. The lowest BCUT2D eigenvalue weighted by atomic mass is 10.0. The van der Waals surface area contributed by atoms with Crippen LogP contribution in [0.1, 0.15) is 23.6 Å². The lowest BCUT2D eigenvalue weighted by molar-refractivity contribution is 0.357. The summed E-state index contributed by atoms with van der Waals surface area (Å²) >= 11 is 0. The van der Waals surface area contributed by atoms with Crippen LogP contribution in [0.15, 0.2) is 36.4 Å². The molecule has 0 aliphatic carbocycles. The zero-order valence-electron chi connectivity index (χ0n) is 13.8. The number of nitrogens with one attached hydrogen (secondary N) is 1. The number of sulfonamides is 1. The van der Waals surface area contributed by atoms with Gasteiger partial charge in [-0.2, -0.15) is 0 Å². The smallest absolute Gasteiger partial charge is 0.216 e. The van der Waals surface area contributed by atoms with Gasteiger partial charge in [-0.3, -0.25) is 0 Å². The van der Waals surface area contributed by atoms with Gasteiger partial charge in [-0.05, 0) is 48.2 Å². The van der Waals surface area contributed by atoms with E-state index in [1.807, 2.05) is 18.2 Å². The number of benzene rings is 2. The lowest BCUT2D eigenvalue weighted by Crippen LogP contribution is -2.35. The summed E-state index contributed by atoms with van der Waals surface area (Å²) in [5.41, 5.74) is 2.21. The second-order valence-electron chi connectivity index (χ2n) is 6.30. The number of rotatable bonds is 6. The molecule has 0 bridgehead atoms. The summed E-state index contributed by atoms with van der Waals surface area (Å²) in [6.07, 6.45) is 1.37. The molecule has 0 fully saturated rings. The van der Waals surface area contributed by atoms with Crippen molar-refractivity contribution in [1.82, 2.24) is 4.72 Å². The van der Waals surface area contributed by atoms with Crippen molar-refractivity contribution in [2.24, 2.45) is 0 Å². The minimum atomic E-state index is -3.71. The molecule has 0 spiro atoms. The highest BCUT2D eigenvalue weighted by Gasteiger charge is 2.18. The van der Waals surface area contributed by atoms with Crippen LogP contribution in [0, 0.1) is 11.6 Å². The summed E-state index contributed by atoms with van der Waals surface area (Å²) in [6, 6.07) is 8.24. The van der Waals surface area contributed by atoms with Crippen LogP contribution >= 0.6 is 0 Å². The second kappa shape index (κ2) is 7.09. The van der Waals surface area contributed by atoms with Crippen molar-refractivity contribution in [2.45, 2.75) is 31.6 Å². The maximum Gasteiger partial charge on any atom is 0.216 e. The van der Waals surface area contributed by atoms with Crippen molar-refractivity contribution in [2.75, 3.05) is 6.61 Å². The van der Waals surface area contributed by atoms with E-state index in [0.29, 0.717) is 19.1 Å². The van der Waals surface area contributed by atoms with Gasteiger partial charge in [0.25, 0.3) is 0 Å². The minimum Gasteiger partial charge on any atom is -0.493 e. The summed E-state index contributed by atoms with van der Waals surface area (Å²) < 4.78 is 58.9. The van der Waals surface area contributed by atoms with Crippen LogP contribution in [0.4, 0.5) is 8.78 Å². The molecule has 0 saturated heterocycles. The van der Waals surface area contributed by atoms with Crippen LogP contribution in [0.5, 0.6) is 5.75 Å². The van der Waals surface area contributed by atoms with E-state index in [9.17, 15) is 17.2 Å². The van der Waals surface area contributed by atoms with Crippen molar-refractivity contribution >= 4 is 10.0 Å². The maximum absolute atomic E-state index is 13.2. The van der Waals surface area contributed by atoms with Gasteiger partial charge in [0, 0.05) is 18.5 Å². The van der Waals surface area contributed by atoms with Crippen LogP contribution in [0.2, 0.25) is 0 Å². The van der Waals surface area contributed by atoms with Crippen LogP contribution in [-0.4, -0.2) is 21.1 Å². The van der Waals surface area contributed by atoms with Gasteiger partial charge in [0.1, 0.15) is 17.4 Å². The summed E-state index contributed by atoms with van der Waals surface area (Å²) in [5, 5.41) is 0. The first-order valence-corrected chi connectivity index (χ1v) is 9.65. The van der Waals surface area contributed by atoms with Crippen molar-refractivity contribution in [3.05, 3.63) is 64.7 Å². The molecule has 2 aromatic carbocycles. The van der Waals surface area contributed by atoms with Gasteiger partial charge >= 0.3 is 0 Å². The van der Waals surface area contributed by atoms with E-state index in [-0.39, 0.29) is 11.6 Å². The summed E-state index contributed by atoms with van der Waals surface area (Å²) in [6.45, 7) is 2.43. The van der Waals surface area contributed by atoms with Crippen molar-refractivity contribution in [3.8, 4) is 5.75 Å². The normalized spacial score (nSPS) is 14.8. The Hall–Kier alpha value is -1.99. The topological polar surface area (TPSA) is 55.4 Å². The van der Waals surface area contributed by atoms with Crippen molar-refractivity contribution < 1.29 is 21.9 Å². The zero-order chi connectivity index (χ0) is 18.0. The Morgan fingerprint density at radius 1 is 1.12 bits per heavy atom. The molecule has 3 rings (SSSR count). The third kappa shape index (κ3) is 4.76. The fourth-order valence-corrected chi connectivity index (χ4v) is 4.41. The fourth-order valence-electron chi connectivity index (χ4n) is 3.02. The first-order valence-electron chi connectivity index (χ1n) is 8.00. The van der Waals surface area contributed by atoms with Crippen molar-refractivity contribution in [3.63, 3.8) is 0 Å². The van der Waals surface area contributed by atoms with Crippen molar-refractivity contribution in [1.29, 1.82) is 0 Å². The highest BCUT2D eigenvalue weighted by atomic mass is 32.2. The molecule has 1 N–H and O–H groups in total. The average Bonchev–Trinajstić information content (AvgIpc) is 2.92. The molecule has 4 nitrogen and oxygen atoms in total. The molecular formula is C18H19F2NO3S. The number of ether oxygens (including phenoxy) is 1. The third-order valence-electron chi connectivity index (χ3n) is 3.96. The average molecular weight is 367 g/mol. The standard InChI is InChI=1S/C18H19F2NO3S/c1-12(6-13-2-3-18-15(7-13)4-5-24-18)21-25(22,23)11-14-8-16(19)10-17(20)9-14/h2-3,7-10,12,21H,4-6,11H2,1H3. The second-order valence-corrected chi connectivity index (χ2v) is 8.05. The summed E-state index contributed by atoms with van der Waals surface area (Å²) in [4.78, 5) is 0. The predicted octanol–water partition coefficient (Wildman–Crippen LogP) is 2.95. The Balaban J connectivity index is 1.64. The largest absolute Gasteiger partial charge is 0.493 e. The highest BCUT2D eigenvalue weighted by Crippen LogP contribution is 2.26. The Bertz CT molecular complexity index is 864. The molecule has 1 aliphatic heterocycles. The molecule has 25 heavy (non-hydrogen) atoms. The van der Waals surface area contributed by atoms with E-state index in [1.54, 1.807) is 6.92 Å². The Labute approximate surface area is 145 Å². The molecule has 0 radical (unpaired) electrons. The van der Waals surface area contributed by atoms with E-state index >= 15 is 0 Å². The molecular weight excluding hydrogens is 348 g/mol. The molecule has 0 amide bonds. The Kier molecular flexibility index (Phi) is 5.06. The van der Waals surface area contributed by atoms with Gasteiger partial charge in [0.05, 0.1) is 12.4 Å². The first-order chi connectivity index (χ1) is 11.8. The van der Waals surface area contributed by atoms with Gasteiger partial charge in [0.15, 0.2) is 0 Å². The van der Waals surface area contributed by atoms with E-state index in [0.717, 1.165) is 35.4 Å². The van der Waals surface area contributed by atoms with Crippen LogP contribution in [0.3, 0.4) is 0 Å². The molecule has 1 atom stereocenters. The number of hydrogen-bond donors (Lipinski definition) is 1. The molecule has 1 unspecified atom stereocenters. The molecule has 1 heterocycles. The maximum atomic E-state index is 13.2. The molecule has 1 aliphatic rings. The molecule has 134 valence electrons. The summed E-state index contributed by atoms with van der Waals surface area (Å²) in [7, 11) is -3.71. The SMILES string of the molecule is CC(Cc1ccc2c(c1)CCO2)NS(=O)(=O)Cc1cc(F)cc(F)c1. The molecule has 0 saturated carbocycles. The van der Waals surface area contributed by atoms with Crippen LogP contribution in [-0.2, 0) is 28.6 Å². The van der Waals surface area contributed by atoms with E-state index in [2.05, 4.69) is 4.72 Å². The van der Waals surface area contributed by atoms with Gasteiger partial charge in [-0.1, -0.05) is 12.1 Å². The quantitative estimate of drug-likeness (QED) is 0.854. The lowest BCUT2D eigenvalue weighted by Gasteiger charge is -2.15. The molecule has 2 aromatic rings. The first kappa shape index (κ1) is 17.8. The number of fused-ring (bicyclic) bond motifs is 1. The number of hydrogen-bond acceptors (Lipinski definition) is 3. The molecule has 0 aromatic heterocycles. The Morgan fingerprint density at radius 2 is 1.84 bits per heavy atom. The van der Waals surface area contributed by atoms with Crippen LogP contribution < -0.4 is 9.46 Å². The Morgan fingerprint density at radius 3 is 2.56 bits per heavy atom. The zero-order valence-corrected chi connectivity index (χ0v) is 14.6. The number of halogens is 2. The van der Waals surface area contributed by atoms with Gasteiger partial charge in [-0.25, -0.2) is 21.9 Å². The monoisotopic (exact) mass is 367 g/mol. The summed E-state index contributed by atoms with van der Waals surface area (Å²) in [5.74, 6) is -1.17. The van der Waals surface area contributed by atoms with Crippen LogP contribution in [0.25, 0.3) is 0 Å². The molecule has 7 heteroatoms. The van der Waals surface area contributed by atoms with E-state index in [1.165, 1.54) is 0 Å². The van der Waals surface area contributed by atoms with E-state index in [4.69, 9.17) is 4.74 Å². The minimum absolute atomic E-state index is 0.0758.